The van der Waals surface area contributed by atoms with E-state index in [2.05, 4.69) is 15.5 Å². The Bertz CT molecular complexity index is 901. The van der Waals surface area contributed by atoms with Crippen molar-refractivity contribution >= 4 is 61.4 Å². The minimum atomic E-state index is -3.71. The number of thioether (sulfide) groups is 1. The van der Waals surface area contributed by atoms with Crippen molar-refractivity contribution < 1.29 is 13.2 Å². The Kier molecular flexibility index (Phi) is 6.89. The molecule has 1 aromatic carbocycles. The molecule has 0 bridgehead atoms. The van der Waals surface area contributed by atoms with Crippen LogP contribution in [-0.4, -0.2) is 42.6 Å². The summed E-state index contributed by atoms with van der Waals surface area (Å²) in [6, 6.07) is 3.87. The smallest absolute Gasteiger partial charge is 0.249 e. The third-order valence-electron chi connectivity index (χ3n) is 3.40. The second kappa shape index (κ2) is 8.55. The molecule has 1 atom stereocenters. The number of anilines is 2. The maximum absolute atomic E-state index is 12.6. The van der Waals surface area contributed by atoms with Crippen molar-refractivity contribution in [1.82, 2.24) is 10.2 Å². The molecular formula is C15H19ClN4O3S3. The van der Waals surface area contributed by atoms with E-state index in [0.717, 1.165) is 26.2 Å². The Hall–Kier alpha value is -1.36. The van der Waals surface area contributed by atoms with Crippen molar-refractivity contribution in [3.63, 3.8) is 0 Å². The number of carbonyl (C=O) groups is 1. The zero-order chi connectivity index (χ0) is 19.5. The van der Waals surface area contributed by atoms with Gasteiger partial charge < -0.3 is 0 Å². The quantitative estimate of drug-likeness (QED) is 0.530. The first kappa shape index (κ1) is 20.9. The number of amides is 1. The highest BCUT2D eigenvalue weighted by Gasteiger charge is 2.30. The molecule has 0 aliphatic heterocycles. The van der Waals surface area contributed by atoms with E-state index < -0.39 is 22.0 Å². The highest BCUT2D eigenvalue weighted by Crippen LogP contribution is 2.28. The Morgan fingerprint density at radius 3 is 2.69 bits per heavy atom. The van der Waals surface area contributed by atoms with Gasteiger partial charge in [-0.15, -0.1) is 10.2 Å². The molecule has 1 aromatic heterocycles. The van der Waals surface area contributed by atoms with Gasteiger partial charge in [-0.3, -0.25) is 14.4 Å². The van der Waals surface area contributed by atoms with Gasteiger partial charge in [0.15, 0.2) is 4.34 Å². The zero-order valence-corrected chi connectivity index (χ0v) is 17.9. The molecule has 0 aliphatic carbocycles. The molecule has 1 heterocycles. The van der Waals surface area contributed by atoms with Crippen LogP contribution in [0.5, 0.6) is 0 Å². The Labute approximate surface area is 166 Å². The monoisotopic (exact) mass is 434 g/mol. The molecule has 0 radical (unpaired) electrons. The van der Waals surface area contributed by atoms with Crippen molar-refractivity contribution in [3.8, 4) is 0 Å². The van der Waals surface area contributed by atoms with Crippen molar-refractivity contribution in [1.29, 1.82) is 0 Å². The molecule has 0 saturated carbocycles. The van der Waals surface area contributed by atoms with Crippen molar-refractivity contribution in [2.24, 2.45) is 0 Å². The van der Waals surface area contributed by atoms with Crippen LogP contribution in [0, 0.1) is 6.92 Å². The molecule has 26 heavy (non-hydrogen) atoms. The van der Waals surface area contributed by atoms with Gasteiger partial charge in [0.2, 0.25) is 21.1 Å². The van der Waals surface area contributed by atoms with Gasteiger partial charge in [0, 0.05) is 5.02 Å². The summed E-state index contributed by atoms with van der Waals surface area (Å²) in [7, 11) is -3.71. The van der Waals surface area contributed by atoms with Gasteiger partial charge in [-0.05, 0) is 37.3 Å². The molecule has 142 valence electrons. The van der Waals surface area contributed by atoms with Crippen molar-refractivity contribution in [3.05, 3.63) is 28.8 Å². The summed E-state index contributed by atoms with van der Waals surface area (Å²) in [5.74, 6) is 0.339. The summed E-state index contributed by atoms with van der Waals surface area (Å²) in [6.45, 7) is 5.31. The summed E-state index contributed by atoms with van der Waals surface area (Å²) < 4.78 is 26.4. The van der Waals surface area contributed by atoms with E-state index in [1.807, 2.05) is 13.8 Å². The third kappa shape index (κ3) is 5.09. The lowest BCUT2D eigenvalue weighted by Gasteiger charge is -2.28. The van der Waals surface area contributed by atoms with Crippen LogP contribution in [0.1, 0.15) is 19.4 Å². The predicted octanol–water partition coefficient (Wildman–Crippen LogP) is 3.41. The van der Waals surface area contributed by atoms with Crippen LogP contribution in [0.25, 0.3) is 0 Å². The van der Waals surface area contributed by atoms with Gasteiger partial charge in [0.1, 0.15) is 6.04 Å². The molecular weight excluding hydrogens is 416 g/mol. The number of hydrogen-bond donors (Lipinski definition) is 1. The van der Waals surface area contributed by atoms with E-state index in [9.17, 15) is 13.2 Å². The molecule has 0 saturated heterocycles. The molecule has 0 aliphatic rings. The molecule has 1 amide bonds. The minimum Gasteiger partial charge on any atom is -0.299 e. The summed E-state index contributed by atoms with van der Waals surface area (Å²) in [6.07, 6.45) is 1.05. The number of carbonyl (C=O) groups excluding carboxylic acids is 1. The Balaban J connectivity index is 2.26. The number of rotatable bonds is 7. The van der Waals surface area contributed by atoms with Crippen molar-refractivity contribution in [2.45, 2.75) is 31.2 Å². The van der Waals surface area contributed by atoms with Crippen LogP contribution in [0.15, 0.2) is 22.5 Å². The van der Waals surface area contributed by atoms with E-state index in [1.165, 1.54) is 36.1 Å². The second-order valence-corrected chi connectivity index (χ2v) is 10.2. The van der Waals surface area contributed by atoms with Crippen LogP contribution < -0.4 is 9.62 Å². The zero-order valence-electron chi connectivity index (χ0n) is 14.7. The lowest BCUT2D eigenvalue weighted by atomic mass is 10.2. The standard InChI is InChI=1S/C15H19ClN4O3S3/c1-5-24-15-19-18-14(25-15)17-13(21)10(3)20(26(4,22)23)11-7-6-9(2)12(16)8-11/h6-8,10H,5H2,1-4H3,(H,17,18,21)/t10-/m0/s1. The molecule has 0 fully saturated rings. The molecule has 0 unspecified atom stereocenters. The summed E-state index contributed by atoms with van der Waals surface area (Å²) >= 11 is 8.87. The largest absolute Gasteiger partial charge is 0.299 e. The second-order valence-electron chi connectivity index (χ2n) is 5.46. The number of benzene rings is 1. The van der Waals surface area contributed by atoms with E-state index in [4.69, 9.17) is 11.6 Å². The topological polar surface area (TPSA) is 92.3 Å². The lowest BCUT2D eigenvalue weighted by Crippen LogP contribution is -2.45. The maximum atomic E-state index is 12.6. The van der Waals surface area contributed by atoms with E-state index in [1.54, 1.807) is 12.1 Å². The van der Waals surface area contributed by atoms with Crippen molar-refractivity contribution in [2.75, 3.05) is 21.6 Å². The molecule has 2 rings (SSSR count). The molecule has 0 spiro atoms. The van der Waals surface area contributed by atoms with Gasteiger partial charge in [0.25, 0.3) is 0 Å². The number of hydrogen-bond acceptors (Lipinski definition) is 7. The number of aryl methyl sites for hydroxylation is 1. The minimum absolute atomic E-state index is 0.324. The Morgan fingerprint density at radius 2 is 2.12 bits per heavy atom. The first-order valence-corrected chi connectivity index (χ1v) is 11.7. The third-order valence-corrected chi connectivity index (χ3v) is 6.91. The van der Waals surface area contributed by atoms with E-state index >= 15 is 0 Å². The van der Waals surface area contributed by atoms with Gasteiger partial charge in [-0.1, -0.05) is 47.7 Å². The predicted molar refractivity (Wildman–Crippen MR) is 108 cm³/mol. The SMILES string of the molecule is CCSc1nnc(NC(=O)[C@H](C)N(c2ccc(C)c(Cl)c2)S(C)(=O)=O)s1. The number of sulfonamides is 1. The average molecular weight is 435 g/mol. The van der Waals surface area contributed by atoms with Gasteiger partial charge in [-0.2, -0.15) is 0 Å². The Morgan fingerprint density at radius 1 is 1.42 bits per heavy atom. The normalized spacial score (nSPS) is 12.7. The molecule has 1 N–H and O–H groups in total. The van der Waals surface area contributed by atoms with Crippen LogP contribution in [0.2, 0.25) is 5.02 Å². The molecule has 11 heteroatoms. The fourth-order valence-electron chi connectivity index (χ4n) is 2.18. The van der Waals surface area contributed by atoms with Crippen LogP contribution in [-0.2, 0) is 14.8 Å². The first-order valence-electron chi connectivity index (χ1n) is 7.66. The number of nitrogens with one attached hydrogen (secondary N) is 1. The van der Waals surface area contributed by atoms with E-state index in [-0.39, 0.29) is 0 Å². The van der Waals surface area contributed by atoms with E-state index in [0.29, 0.717) is 15.8 Å². The summed E-state index contributed by atoms with van der Waals surface area (Å²) in [4.78, 5) is 12.6. The number of aromatic nitrogens is 2. The number of nitrogens with zero attached hydrogens (tertiary/aromatic N) is 3. The maximum Gasteiger partial charge on any atom is 0.249 e. The summed E-state index contributed by atoms with van der Waals surface area (Å²) in [5, 5.41) is 11.2. The fourth-order valence-corrected chi connectivity index (χ4v) is 5.17. The van der Waals surface area contributed by atoms with Gasteiger partial charge in [0.05, 0.1) is 11.9 Å². The van der Waals surface area contributed by atoms with Crippen LogP contribution in [0.3, 0.4) is 0 Å². The highest BCUT2D eigenvalue weighted by atomic mass is 35.5. The average Bonchev–Trinajstić information content (AvgIpc) is 2.97. The van der Waals surface area contributed by atoms with Crippen LogP contribution >= 0.6 is 34.7 Å². The first-order chi connectivity index (χ1) is 12.1. The lowest BCUT2D eigenvalue weighted by molar-refractivity contribution is -0.116. The van der Waals surface area contributed by atoms with Gasteiger partial charge >= 0.3 is 0 Å². The van der Waals surface area contributed by atoms with Gasteiger partial charge in [-0.25, -0.2) is 8.42 Å². The summed E-state index contributed by atoms with van der Waals surface area (Å²) in [5.41, 5.74) is 1.14. The number of halogens is 1. The molecule has 2 aromatic rings. The fraction of sp³-hybridized carbons (Fsp3) is 0.400. The molecule has 7 nitrogen and oxygen atoms in total. The van der Waals surface area contributed by atoms with Crippen LogP contribution in [0.4, 0.5) is 10.8 Å². The highest BCUT2D eigenvalue weighted by molar-refractivity contribution is 8.01.